The molecular formula is C23H20F2N4O3. The molecule has 3 aromatic rings. The van der Waals surface area contributed by atoms with Gasteiger partial charge in [-0.1, -0.05) is 0 Å². The average Bonchev–Trinajstić information content (AvgIpc) is 3.31. The van der Waals surface area contributed by atoms with Crippen LogP contribution in [0.4, 0.5) is 13.6 Å². The fourth-order valence-corrected chi connectivity index (χ4v) is 4.42. The second kappa shape index (κ2) is 7.22. The van der Waals surface area contributed by atoms with E-state index >= 15 is 0 Å². The molecule has 5 rings (SSSR count). The van der Waals surface area contributed by atoms with Gasteiger partial charge in [-0.25, -0.2) is 18.6 Å². The Hall–Kier alpha value is -3.62. The summed E-state index contributed by atoms with van der Waals surface area (Å²) in [5, 5.41) is 3.54. The predicted octanol–water partition coefficient (Wildman–Crippen LogP) is 3.71. The van der Waals surface area contributed by atoms with Crippen molar-refractivity contribution >= 4 is 28.8 Å². The molecule has 1 aromatic carbocycles. The number of aromatic nitrogens is 2. The van der Waals surface area contributed by atoms with Crippen LogP contribution in [0.2, 0.25) is 0 Å². The van der Waals surface area contributed by atoms with Crippen LogP contribution in [0.25, 0.3) is 16.7 Å². The number of nitrogens with one attached hydrogen (secondary N) is 1. The number of halogens is 2. The lowest BCUT2D eigenvalue weighted by molar-refractivity contribution is -0.135. The minimum atomic E-state index is -2.83. The number of carbonyl (C=O) groups is 3. The Kier molecular flexibility index (Phi) is 4.58. The van der Waals surface area contributed by atoms with Crippen molar-refractivity contribution in [2.45, 2.75) is 37.1 Å². The first-order valence-electron chi connectivity index (χ1n) is 10.4. The lowest BCUT2D eigenvalue weighted by Gasteiger charge is -2.34. The Morgan fingerprint density at radius 3 is 2.47 bits per heavy atom. The minimum absolute atomic E-state index is 0.136. The highest BCUT2D eigenvalue weighted by atomic mass is 19.3. The first-order chi connectivity index (χ1) is 15.3. The van der Waals surface area contributed by atoms with Gasteiger partial charge in [0.2, 0.25) is 5.92 Å². The highest BCUT2D eigenvalue weighted by Gasteiger charge is 2.55. The molecule has 1 aliphatic carbocycles. The van der Waals surface area contributed by atoms with Crippen LogP contribution in [-0.2, 0) is 4.79 Å². The molecule has 9 heteroatoms. The zero-order valence-corrected chi connectivity index (χ0v) is 17.1. The number of hydrogen-bond donors (Lipinski definition) is 1. The largest absolute Gasteiger partial charge is 0.325 e. The second-order valence-corrected chi connectivity index (χ2v) is 8.33. The summed E-state index contributed by atoms with van der Waals surface area (Å²) in [5.41, 5.74) is 0.613. The standard InChI is InChI=1S/C23H20F2N4O3/c24-23(25)10-8-22(9-11-23)20(31)29(21(32)27-22)14-18(30)15-3-5-17(6-4-15)28-13-7-16-2-1-12-26-19(16)28/h1-7,12-13H,8-11,14H2,(H,27,32). The Morgan fingerprint density at radius 1 is 1.03 bits per heavy atom. The fraction of sp³-hybridized carbons (Fsp3) is 0.304. The van der Waals surface area contributed by atoms with Gasteiger partial charge in [-0.05, 0) is 55.3 Å². The van der Waals surface area contributed by atoms with Crippen LogP contribution >= 0.6 is 0 Å². The van der Waals surface area contributed by atoms with Crippen molar-refractivity contribution in [1.82, 2.24) is 19.8 Å². The van der Waals surface area contributed by atoms with Gasteiger partial charge in [-0.2, -0.15) is 0 Å². The van der Waals surface area contributed by atoms with Crippen molar-refractivity contribution < 1.29 is 23.2 Å². The van der Waals surface area contributed by atoms with Crippen LogP contribution in [0.3, 0.4) is 0 Å². The molecule has 0 atom stereocenters. The molecule has 1 spiro atoms. The van der Waals surface area contributed by atoms with Crippen LogP contribution < -0.4 is 5.32 Å². The minimum Gasteiger partial charge on any atom is -0.323 e. The third-order valence-corrected chi connectivity index (χ3v) is 6.30. The van der Waals surface area contributed by atoms with E-state index in [-0.39, 0.29) is 12.8 Å². The average molecular weight is 438 g/mol. The number of Topliss-reactive ketones (excluding diaryl/α,β-unsaturated/α-hetero) is 1. The molecule has 3 amide bonds. The van der Waals surface area contributed by atoms with Gasteiger partial charge in [-0.15, -0.1) is 0 Å². The lowest BCUT2D eigenvalue weighted by Crippen LogP contribution is -2.51. The van der Waals surface area contributed by atoms with Crippen molar-refractivity contribution in [3.8, 4) is 5.69 Å². The SMILES string of the molecule is O=C(CN1C(=O)NC2(CCC(F)(F)CC2)C1=O)c1ccc(-n2ccc3cccnc32)cc1. The third kappa shape index (κ3) is 3.34. The van der Waals surface area contributed by atoms with E-state index in [0.29, 0.717) is 5.56 Å². The van der Waals surface area contributed by atoms with Gasteiger partial charge in [0.1, 0.15) is 11.2 Å². The summed E-state index contributed by atoms with van der Waals surface area (Å²) in [7, 11) is 0. The number of hydrogen-bond acceptors (Lipinski definition) is 4. The molecule has 1 aliphatic heterocycles. The number of pyridine rings is 1. The van der Waals surface area contributed by atoms with E-state index in [1.165, 1.54) is 0 Å². The number of rotatable bonds is 4. The van der Waals surface area contributed by atoms with Crippen molar-refractivity contribution in [3.63, 3.8) is 0 Å². The number of ketones is 1. The Morgan fingerprint density at radius 2 is 1.75 bits per heavy atom. The molecule has 2 aliphatic rings. The van der Waals surface area contributed by atoms with Gasteiger partial charge >= 0.3 is 6.03 Å². The third-order valence-electron chi connectivity index (χ3n) is 6.30. The van der Waals surface area contributed by atoms with Crippen LogP contribution in [0.5, 0.6) is 0 Å². The zero-order valence-electron chi connectivity index (χ0n) is 17.1. The van der Waals surface area contributed by atoms with E-state index in [0.717, 1.165) is 21.6 Å². The number of carbonyl (C=O) groups excluding carboxylic acids is 3. The summed E-state index contributed by atoms with van der Waals surface area (Å²) in [4.78, 5) is 43.2. The van der Waals surface area contributed by atoms with Crippen LogP contribution in [-0.4, -0.2) is 50.2 Å². The number of imide groups is 1. The van der Waals surface area contributed by atoms with Crippen molar-refractivity contribution in [2.75, 3.05) is 6.54 Å². The maximum Gasteiger partial charge on any atom is 0.325 e. The summed E-state index contributed by atoms with van der Waals surface area (Å²) < 4.78 is 28.9. The van der Waals surface area contributed by atoms with E-state index in [1.54, 1.807) is 30.5 Å². The van der Waals surface area contributed by atoms with E-state index in [1.807, 2.05) is 29.0 Å². The molecule has 1 saturated carbocycles. The second-order valence-electron chi connectivity index (χ2n) is 8.33. The lowest BCUT2D eigenvalue weighted by atomic mass is 9.80. The maximum absolute atomic E-state index is 13.5. The number of urea groups is 1. The molecule has 3 heterocycles. The number of benzene rings is 1. The number of alkyl halides is 2. The quantitative estimate of drug-likeness (QED) is 0.497. The molecular weight excluding hydrogens is 418 g/mol. The van der Waals surface area contributed by atoms with Gasteiger partial charge in [0.15, 0.2) is 5.78 Å². The van der Waals surface area contributed by atoms with E-state index < -0.39 is 48.6 Å². The van der Waals surface area contributed by atoms with Gasteiger partial charge in [0, 0.05) is 41.9 Å². The number of nitrogens with zero attached hydrogens (tertiary/aromatic N) is 3. The molecule has 0 unspecified atom stereocenters. The van der Waals surface area contributed by atoms with Gasteiger partial charge < -0.3 is 9.88 Å². The van der Waals surface area contributed by atoms with E-state index in [2.05, 4.69) is 10.3 Å². The van der Waals surface area contributed by atoms with Crippen LogP contribution in [0.1, 0.15) is 36.0 Å². The maximum atomic E-state index is 13.5. The van der Waals surface area contributed by atoms with Crippen molar-refractivity contribution in [3.05, 3.63) is 60.4 Å². The van der Waals surface area contributed by atoms with Crippen molar-refractivity contribution in [2.24, 2.45) is 0 Å². The molecule has 0 bridgehead atoms. The molecule has 2 fully saturated rings. The Balaban J connectivity index is 1.31. The van der Waals surface area contributed by atoms with Crippen molar-refractivity contribution in [1.29, 1.82) is 0 Å². The van der Waals surface area contributed by atoms with Gasteiger partial charge in [0.05, 0.1) is 6.54 Å². The summed E-state index contributed by atoms with van der Waals surface area (Å²) in [5.74, 6) is -3.84. The Bertz CT molecular complexity index is 1230. The summed E-state index contributed by atoms with van der Waals surface area (Å²) in [6.45, 7) is -0.434. The summed E-state index contributed by atoms with van der Waals surface area (Å²) >= 11 is 0. The fourth-order valence-electron chi connectivity index (χ4n) is 4.42. The molecule has 0 radical (unpaired) electrons. The number of amides is 3. The highest BCUT2D eigenvalue weighted by molar-refractivity contribution is 6.11. The normalized spacial score (nSPS) is 19.5. The molecule has 1 N–H and O–H groups in total. The van der Waals surface area contributed by atoms with E-state index in [4.69, 9.17) is 0 Å². The molecule has 7 nitrogen and oxygen atoms in total. The summed E-state index contributed by atoms with van der Waals surface area (Å²) in [6, 6.07) is 11.8. The van der Waals surface area contributed by atoms with Crippen LogP contribution in [0, 0.1) is 0 Å². The highest BCUT2D eigenvalue weighted by Crippen LogP contribution is 2.41. The van der Waals surface area contributed by atoms with E-state index in [9.17, 15) is 23.2 Å². The first kappa shape index (κ1) is 20.3. The van der Waals surface area contributed by atoms with Gasteiger partial charge in [-0.3, -0.25) is 14.5 Å². The number of fused-ring (bicyclic) bond motifs is 1. The van der Waals surface area contributed by atoms with Gasteiger partial charge in [0.25, 0.3) is 5.91 Å². The topological polar surface area (TPSA) is 84.3 Å². The van der Waals surface area contributed by atoms with Crippen LogP contribution in [0.15, 0.2) is 54.9 Å². The Labute approximate surface area is 182 Å². The zero-order chi connectivity index (χ0) is 22.5. The smallest absolute Gasteiger partial charge is 0.323 e. The molecule has 1 saturated heterocycles. The summed E-state index contributed by atoms with van der Waals surface area (Å²) in [6.07, 6.45) is 2.38. The predicted molar refractivity (Wildman–Crippen MR) is 112 cm³/mol. The monoisotopic (exact) mass is 438 g/mol. The first-order valence-corrected chi connectivity index (χ1v) is 10.4. The molecule has 164 valence electrons. The molecule has 2 aromatic heterocycles. The molecule has 32 heavy (non-hydrogen) atoms.